The Balaban J connectivity index is 1.34. The van der Waals surface area contributed by atoms with E-state index in [0.29, 0.717) is 0 Å². The van der Waals surface area contributed by atoms with E-state index in [-0.39, 0.29) is 12.5 Å². The third-order valence-electron chi connectivity index (χ3n) is 4.94. The lowest BCUT2D eigenvalue weighted by atomic mass is 10.2. The first-order valence-corrected chi connectivity index (χ1v) is 8.87. The molecule has 8 nitrogen and oxygen atoms in total. The first-order chi connectivity index (χ1) is 12.6. The van der Waals surface area contributed by atoms with Crippen molar-refractivity contribution < 1.29 is 4.79 Å². The largest absolute Gasteiger partial charge is 0.339 e. The van der Waals surface area contributed by atoms with Gasteiger partial charge in [0.1, 0.15) is 12.1 Å². The highest BCUT2D eigenvalue weighted by Gasteiger charge is 2.22. The number of aryl methyl sites for hydroxylation is 2. The van der Waals surface area contributed by atoms with E-state index in [4.69, 9.17) is 0 Å². The van der Waals surface area contributed by atoms with Gasteiger partial charge in [-0.05, 0) is 19.1 Å². The smallest absolute Gasteiger partial charge is 0.244 e. The van der Waals surface area contributed by atoms with Crippen molar-refractivity contribution in [3.8, 4) is 0 Å². The van der Waals surface area contributed by atoms with Crippen LogP contribution in [0.5, 0.6) is 0 Å². The lowest BCUT2D eigenvalue weighted by Crippen LogP contribution is -2.49. The topological polar surface area (TPSA) is 72.1 Å². The van der Waals surface area contributed by atoms with E-state index in [9.17, 15) is 4.79 Å². The van der Waals surface area contributed by atoms with Gasteiger partial charge in [-0.3, -0.25) is 14.4 Å². The van der Waals surface area contributed by atoms with Crippen LogP contribution in [0.1, 0.15) is 11.3 Å². The van der Waals surface area contributed by atoms with Gasteiger partial charge in [0.05, 0.1) is 11.2 Å². The van der Waals surface area contributed by atoms with Crippen molar-refractivity contribution in [2.75, 3.05) is 26.2 Å². The number of carbonyl (C=O) groups is 1. The molecule has 1 fully saturated rings. The summed E-state index contributed by atoms with van der Waals surface area (Å²) in [6.07, 6.45) is 2.07. The highest BCUT2D eigenvalue weighted by atomic mass is 16.2. The Bertz CT molecular complexity index is 921. The molecule has 2 aromatic heterocycles. The fraction of sp³-hybridized carbons (Fsp3) is 0.444. The molecule has 1 amide bonds. The van der Waals surface area contributed by atoms with E-state index in [1.54, 1.807) is 4.68 Å². The van der Waals surface area contributed by atoms with Crippen LogP contribution in [0.4, 0.5) is 0 Å². The molecule has 0 bridgehead atoms. The molecule has 3 aromatic rings. The zero-order valence-corrected chi connectivity index (χ0v) is 15.2. The standard InChI is InChI=1S/C18H23N7O/c1-14-15(11-22(2)20-14)12-23-7-9-24(10-8-23)18(26)13-25-17-6-4-3-5-16(17)19-21-25/h3-6,11H,7-10,12-13H2,1-2H3. The molecule has 1 aromatic carbocycles. The molecule has 136 valence electrons. The summed E-state index contributed by atoms with van der Waals surface area (Å²) in [5, 5.41) is 12.6. The molecule has 1 aliphatic rings. The van der Waals surface area contributed by atoms with Crippen molar-refractivity contribution in [2.24, 2.45) is 7.05 Å². The van der Waals surface area contributed by atoms with Gasteiger partial charge in [-0.2, -0.15) is 5.10 Å². The molecule has 0 atom stereocenters. The third-order valence-corrected chi connectivity index (χ3v) is 4.94. The molecule has 0 N–H and O–H groups in total. The van der Waals surface area contributed by atoms with Crippen LogP contribution >= 0.6 is 0 Å². The third kappa shape index (κ3) is 3.32. The van der Waals surface area contributed by atoms with Crippen molar-refractivity contribution in [1.82, 2.24) is 34.6 Å². The number of rotatable bonds is 4. The van der Waals surface area contributed by atoms with Gasteiger partial charge in [-0.15, -0.1) is 5.10 Å². The molecule has 0 radical (unpaired) electrons. The second-order valence-electron chi connectivity index (χ2n) is 6.81. The van der Waals surface area contributed by atoms with Gasteiger partial charge in [0.15, 0.2) is 0 Å². The maximum atomic E-state index is 12.6. The molecule has 8 heteroatoms. The number of nitrogens with zero attached hydrogens (tertiary/aromatic N) is 7. The minimum absolute atomic E-state index is 0.0952. The monoisotopic (exact) mass is 353 g/mol. The Morgan fingerprint density at radius 2 is 1.92 bits per heavy atom. The van der Waals surface area contributed by atoms with Crippen LogP contribution in [-0.4, -0.2) is 66.7 Å². The highest BCUT2D eigenvalue weighted by molar-refractivity contribution is 5.79. The number of aromatic nitrogens is 5. The lowest BCUT2D eigenvalue weighted by Gasteiger charge is -2.34. The van der Waals surface area contributed by atoms with E-state index in [2.05, 4.69) is 26.5 Å². The van der Waals surface area contributed by atoms with Crippen LogP contribution in [0.25, 0.3) is 11.0 Å². The normalized spacial score (nSPS) is 15.7. The number of amides is 1. The number of carbonyl (C=O) groups excluding carboxylic acids is 1. The Morgan fingerprint density at radius 1 is 1.15 bits per heavy atom. The molecule has 0 saturated carbocycles. The van der Waals surface area contributed by atoms with Crippen LogP contribution in [0.2, 0.25) is 0 Å². The predicted molar refractivity (Wildman–Crippen MR) is 97.3 cm³/mol. The molecule has 26 heavy (non-hydrogen) atoms. The van der Waals surface area contributed by atoms with Gasteiger partial charge in [-0.25, -0.2) is 4.68 Å². The van der Waals surface area contributed by atoms with Crippen LogP contribution in [-0.2, 0) is 24.9 Å². The maximum absolute atomic E-state index is 12.6. The summed E-state index contributed by atoms with van der Waals surface area (Å²) in [4.78, 5) is 16.9. The predicted octanol–water partition coefficient (Wildman–Crippen LogP) is 0.818. The molecule has 0 aliphatic carbocycles. The van der Waals surface area contributed by atoms with Crippen molar-refractivity contribution in [2.45, 2.75) is 20.0 Å². The molecule has 4 rings (SSSR count). The van der Waals surface area contributed by atoms with Crippen LogP contribution in [0, 0.1) is 6.92 Å². The van der Waals surface area contributed by atoms with Crippen molar-refractivity contribution in [1.29, 1.82) is 0 Å². The van der Waals surface area contributed by atoms with Crippen molar-refractivity contribution in [3.05, 3.63) is 41.7 Å². The number of fused-ring (bicyclic) bond motifs is 1. The van der Waals surface area contributed by atoms with Gasteiger partial charge in [-0.1, -0.05) is 17.3 Å². The second-order valence-corrected chi connectivity index (χ2v) is 6.81. The SMILES string of the molecule is Cc1nn(C)cc1CN1CCN(C(=O)Cn2nnc3ccccc32)CC1. The minimum Gasteiger partial charge on any atom is -0.339 e. The van der Waals surface area contributed by atoms with Gasteiger partial charge in [0.2, 0.25) is 5.91 Å². The first kappa shape index (κ1) is 16.7. The Hall–Kier alpha value is -2.74. The van der Waals surface area contributed by atoms with E-state index < -0.39 is 0 Å². The number of para-hydroxylation sites is 1. The molecule has 0 spiro atoms. The highest BCUT2D eigenvalue weighted by Crippen LogP contribution is 2.13. The summed E-state index contributed by atoms with van der Waals surface area (Å²) < 4.78 is 3.54. The van der Waals surface area contributed by atoms with E-state index in [1.807, 2.05) is 47.8 Å². The number of piperazine rings is 1. The Morgan fingerprint density at radius 3 is 2.65 bits per heavy atom. The first-order valence-electron chi connectivity index (χ1n) is 8.87. The fourth-order valence-corrected chi connectivity index (χ4v) is 3.46. The number of benzene rings is 1. The molecular formula is C18H23N7O. The van der Waals surface area contributed by atoms with Crippen LogP contribution < -0.4 is 0 Å². The van der Waals surface area contributed by atoms with Crippen LogP contribution in [0.15, 0.2) is 30.5 Å². The molecule has 3 heterocycles. The number of hydrogen-bond donors (Lipinski definition) is 0. The maximum Gasteiger partial charge on any atom is 0.244 e. The summed E-state index contributed by atoms with van der Waals surface area (Å²) >= 11 is 0. The molecule has 0 unspecified atom stereocenters. The Labute approximate surface area is 152 Å². The average Bonchev–Trinajstić information content (AvgIpc) is 3.18. The second kappa shape index (κ2) is 6.87. The summed E-state index contributed by atoms with van der Waals surface area (Å²) in [7, 11) is 1.95. The summed E-state index contributed by atoms with van der Waals surface area (Å²) in [5.41, 5.74) is 4.04. The van der Waals surface area contributed by atoms with Crippen molar-refractivity contribution >= 4 is 16.9 Å². The molecular weight excluding hydrogens is 330 g/mol. The Kier molecular flexibility index (Phi) is 4.42. The molecule has 1 aliphatic heterocycles. The fourth-order valence-electron chi connectivity index (χ4n) is 3.46. The van der Waals surface area contributed by atoms with E-state index in [1.165, 1.54) is 5.56 Å². The van der Waals surface area contributed by atoms with E-state index in [0.717, 1.165) is 49.5 Å². The van der Waals surface area contributed by atoms with Crippen LogP contribution in [0.3, 0.4) is 0 Å². The van der Waals surface area contributed by atoms with E-state index >= 15 is 0 Å². The quantitative estimate of drug-likeness (QED) is 0.694. The number of hydrogen-bond acceptors (Lipinski definition) is 5. The lowest BCUT2D eigenvalue weighted by molar-refractivity contribution is -0.133. The summed E-state index contributed by atoms with van der Waals surface area (Å²) in [6, 6.07) is 7.71. The van der Waals surface area contributed by atoms with Gasteiger partial charge < -0.3 is 4.90 Å². The molecule has 1 saturated heterocycles. The minimum atomic E-state index is 0.0952. The zero-order valence-electron chi connectivity index (χ0n) is 15.2. The van der Waals surface area contributed by atoms with Gasteiger partial charge in [0.25, 0.3) is 0 Å². The van der Waals surface area contributed by atoms with Gasteiger partial charge >= 0.3 is 0 Å². The van der Waals surface area contributed by atoms with Crippen molar-refractivity contribution in [3.63, 3.8) is 0 Å². The van der Waals surface area contributed by atoms with Gasteiger partial charge in [0, 0.05) is 51.5 Å². The zero-order chi connectivity index (χ0) is 18.1. The average molecular weight is 353 g/mol. The summed E-state index contributed by atoms with van der Waals surface area (Å²) in [6.45, 7) is 6.39. The summed E-state index contributed by atoms with van der Waals surface area (Å²) in [5.74, 6) is 0.0952.